The quantitative estimate of drug-likeness (QED) is 0.854. The first-order valence-corrected chi connectivity index (χ1v) is 4.56. The van der Waals surface area contributed by atoms with E-state index in [0.717, 1.165) is 4.47 Å². The highest BCUT2D eigenvalue weighted by atomic mass is 79.9. The Balaban J connectivity index is 3.19. The van der Waals surface area contributed by atoms with Gasteiger partial charge in [-0.25, -0.2) is 0 Å². The molecule has 0 aliphatic carbocycles. The van der Waals surface area contributed by atoms with Crippen LogP contribution in [0.1, 0.15) is 5.56 Å². The summed E-state index contributed by atoms with van der Waals surface area (Å²) in [6.07, 6.45) is 1.67. The van der Waals surface area contributed by atoms with Gasteiger partial charge in [0.15, 0.2) is 0 Å². The lowest BCUT2D eigenvalue weighted by Gasteiger charge is -2.06. The first-order chi connectivity index (χ1) is 6.19. The summed E-state index contributed by atoms with van der Waals surface area (Å²) in [4.78, 5) is 11.5. The van der Waals surface area contributed by atoms with Crippen molar-refractivity contribution in [1.29, 1.82) is 0 Å². The highest BCUT2D eigenvalue weighted by Crippen LogP contribution is 2.08. The zero-order valence-electron chi connectivity index (χ0n) is 7.29. The van der Waals surface area contributed by atoms with Crippen molar-refractivity contribution in [2.75, 3.05) is 7.11 Å². The van der Waals surface area contributed by atoms with E-state index in [-0.39, 0.29) is 18.8 Å². The summed E-state index contributed by atoms with van der Waals surface area (Å²) in [5, 5.41) is 0. The van der Waals surface area contributed by atoms with Crippen molar-refractivity contribution in [2.45, 2.75) is 13.3 Å². The van der Waals surface area contributed by atoms with E-state index in [9.17, 15) is 4.79 Å². The average molecular weight is 247 g/mol. The van der Waals surface area contributed by atoms with E-state index in [0.29, 0.717) is 5.56 Å². The number of hydrogen-bond acceptors (Lipinski definition) is 3. The third kappa shape index (κ3) is 2.40. The van der Waals surface area contributed by atoms with E-state index in [2.05, 4.69) is 15.9 Å². The molecule has 72 valence electrons. The molecule has 4 nitrogen and oxygen atoms in total. The molecular weight excluding hydrogens is 236 g/mol. The molecule has 2 N–H and O–H groups in total. The SMILES string of the molecule is COCn1cc(Br)cc(CN)c1=O. The molecule has 0 aliphatic rings. The van der Waals surface area contributed by atoms with Crippen LogP contribution in [0.3, 0.4) is 0 Å². The first-order valence-electron chi connectivity index (χ1n) is 3.77. The maximum absolute atomic E-state index is 11.5. The van der Waals surface area contributed by atoms with Crippen molar-refractivity contribution >= 4 is 15.9 Å². The van der Waals surface area contributed by atoms with Crippen LogP contribution in [0, 0.1) is 0 Å². The topological polar surface area (TPSA) is 57.2 Å². The highest BCUT2D eigenvalue weighted by molar-refractivity contribution is 9.10. The number of aromatic nitrogens is 1. The number of halogens is 1. The summed E-state index contributed by atoms with van der Waals surface area (Å²) in [5.41, 5.74) is 5.88. The number of ether oxygens (including phenoxy) is 1. The Hall–Kier alpha value is -0.650. The van der Waals surface area contributed by atoms with Crippen molar-refractivity contribution in [3.63, 3.8) is 0 Å². The van der Waals surface area contributed by atoms with Gasteiger partial charge in [-0.15, -0.1) is 0 Å². The predicted octanol–water partition coefficient (Wildman–Crippen LogP) is 0.673. The minimum Gasteiger partial charge on any atom is -0.364 e. The Bertz CT molecular complexity index is 348. The third-order valence-corrected chi connectivity index (χ3v) is 2.05. The maximum Gasteiger partial charge on any atom is 0.256 e. The second-order valence-corrected chi connectivity index (χ2v) is 3.50. The molecular formula is C8H11BrN2O2. The van der Waals surface area contributed by atoms with Crippen LogP contribution < -0.4 is 11.3 Å². The second kappa shape index (κ2) is 4.55. The lowest BCUT2D eigenvalue weighted by Crippen LogP contribution is -2.25. The molecule has 0 aliphatic heterocycles. The molecule has 1 rings (SSSR count). The van der Waals surface area contributed by atoms with Crippen LogP contribution >= 0.6 is 15.9 Å². The van der Waals surface area contributed by atoms with Gasteiger partial charge < -0.3 is 10.5 Å². The number of hydrogen-bond donors (Lipinski definition) is 1. The summed E-state index contributed by atoms with van der Waals surface area (Å²) in [5.74, 6) is 0. The number of nitrogens with two attached hydrogens (primary N) is 1. The van der Waals surface area contributed by atoms with Gasteiger partial charge in [0.05, 0.1) is 0 Å². The van der Waals surface area contributed by atoms with E-state index in [1.54, 1.807) is 12.3 Å². The third-order valence-electron chi connectivity index (χ3n) is 1.61. The predicted molar refractivity (Wildman–Crippen MR) is 53.3 cm³/mol. The maximum atomic E-state index is 11.5. The zero-order chi connectivity index (χ0) is 9.84. The molecule has 0 amide bonds. The molecule has 5 heteroatoms. The largest absolute Gasteiger partial charge is 0.364 e. The molecule has 1 heterocycles. The van der Waals surface area contributed by atoms with E-state index in [1.165, 1.54) is 11.7 Å². The molecule has 0 unspecified atom stereocenters. The molecule has 0 atom stereocenters. The van der Waals surface area contributed by atoms with Crippen LogP contribution in [0.5, 0.6) is 0 Å². The highest BCUT2D eigenvalue weighted by Gasteiger charge is 2.03. The minimum atomic E-state index is -0.104. The van der Waals surface area contributed by atoms with Crippen LogP contribution in [0.4, 0.5) is 0 Å². The van der Waals surface area contributed by atoms with Gasteiger partial charge in [0.1, 0.15) is 6.73 Å². The van der Waals surface area contributed by atoms with Gasteiger partial charge in [-0.2, -0.15) is 0 Å². The second-order valence-electron chi connectivity index (χ2n) is 2.58. The van der Waals surface area contributed by atoms with E-state index >= 15 is 0 Å². The molecule has 0 aromatic carbocycles. The standard InChI is InChI=1S/C8H11BrN2O2/c1-13-5-11-4-7(9)2-6(3-10)8(11)12/h2,4H,3,5,10H2,1H3. The van der Waals surface area contributed by atoms with Gasteiger partial charge in [0, 0.05) is 29.9 Å². The van der Waals surface area contributed by atoms with E-state index in [1.807, 2.05) is 0 Å². The van der Waals surface area contributed by atoms with Crippen molar-refractivity contribution in [1.82, 2.24) is 4.57 Å². The summed E-state index contributed by atoms with van der Waals surface area (Å²) >= 11 is 3.29. The van der Waals surface area contributed by atoms with Crippen LogP contribution in [-0.4, -0.2) is 11.7 Å². The van der Waals surface area contributed by atoms with Crippen molar-refractivity contribution in [3.05, 3.63) is 32.7 Å². The summed E-state index contributed by atoms with van der Waals surface area (Å²) in [7, 11) is 1.54. The number of nitrogens with zero attached hydrogens (tertiary/aromatic N) is 1. The monoisotopic (exact) mass is 246 g/mol. The minimum absolute atomic E-state index is 0.104. The summed E-state index contributed by atoms with van der Waals surface area (Å²) in [6.45, 7) is 0.479. The van der Waals surface area contributed by atoms with Gasteiger partial charge in [-0.1, -0.05) is 0 Å². The first kappa shape index (κ1) is 10.4. The Labute approximate surface area is 84.4 Å². The Morgan fingerprint density at radius 2 is 2.38 bits per heavy atom. The van der Waals surface area contributed by atoms with Gasteiger partial charge in [-0.05, 0) is 22.0 Å². The number of methoxy groups -OCH3 is 1. The molecule has 0 spiro atoms. The Kier molecular flexibility index (Phi) is 3.65. The van der Waals surface area contributed by atoms with Crippen LogP contribution in [-0.2, 0) is 18.0 Å². The zero-order valence-corrected chi connectivity index (χ0v) is 8.87. The van der Waals surface area contributed by atoms with E-state index < -0.39 is 0 Å². The number of pyridine rings is 1. The van der Waals surface area contributed by atoms with Gasteiger partial charge in [0.2, 0.25) is 0 Å². The normalized spacial score (nSPS) is 10.4. The van der Waals surface area contributed by atoms with Crippen molar-refractivity contribution in [3.8, 4) is 0 Å². The molecule has 0 bridgehead atoms. The van der Waals surface area contributed by atoms with Crippen molar-refractivity contribution in [2.24, 2.45) is 5.73 Å². The number of rotatable bonds is 3. The fraction of sp³-hybridized carbons (Fsp3) is 0.375. The molecule has 0 saturated heterocycles. The Morgan fingerprint density at radius 1 is 1.69 bits per heavy atom. The van der Waals surface area contributed by atoms with Crippen LogP contribution in [0.2, 0.25) is 0 Å². The van der Waals surface area contributed by atoms with Crippen molar-refractivity contribution < 1.29 is 4.74 Å². The van der Waals surface area contributed by atoms with E-state index in [4.69, 9.17) is 10.5 Å². The molecule has 0 radical (unpaired) electrons. The van der Waals surface area contributed by atoms with Gasteiger partial charge in [-0.3, -0.25) is 9.36 Å². The smallest absolute Gasteiger partial charge is 0.256 e. The lowest BCUT2D eigenvalue weighted by molar-refractivity contribution is 0.128. The molecule has 1 aromatic rings. The summed E-state index contributed by atoms with van der Waals surface area (Å²) in [6, 6.07) is 1.72. The van der Waals surface area contributed by atoms with Crippen LogP contribution in [0.25, 0.3) is 0 Å². The molecule has 1 aromatic heterocycles. The molecule has 0 saturated carbocycles. The van der Waals surface area contributed by atoms with Crippen LogP contribution in [0.15, 0.2) is 21.5 Å². The lowest BCUT2D eigenvalue weighted by atomic mass is 10.3. The average Bonchev–Trinajstić information content (AvgIpc) is 2.11. The Morgan fingerprint density at radius 3 is 2.92 bits per heavy atom. The fourth-order valence-electron chi connectivity index (χ4n) is 1.04. The van der Waals surface area contributed by atoms with Gasteiger partial charge in [0.25, 0.3) is 5.56 Å². The molecule has 0 fully saturated rings. The van der Waals surface area contributed by atoms with Gasteiger partial charge >= 0.3 is 0 Å². The fourth-order valence-corrected chi connectivity index (χ4v) is 1.56. The summed E-state index contributed by atoms with van der Waals surface area (Å²) < 4.78 is 7.15. The molecule has 13 heavy (non-hydrogen) atoms.